The number of nitrogens with two attached hydrogens (primary N) is 1. The number of carbonyl (C=O) groups is 2. The van der Waals surface area contributed by atoms with Gasteiger partial charge in [-0.15, -0.1) is 0 Å². The molecule has 2 aliphatic rings. The number of fused-ring (bicyclic) bond motifs is 2. The summed E-state index contributed by atoms with van der Waals surface area (Å²) in [5.74, 6) is 0.217. The topological polar surface area (TPSA) is 154 Å². The van der Waals surface area contributed by atoms with Gasteiger partial charge in [-0.25, -0.2) is 28.7 Å². The number of nitrogens with zero attached hydrogens (tertiary/aromatic N) is 6. The predicted octanol–water partition coefficient (Wildman–Crippen LogP) is 12.2. The van der Waals surface area contributed by atoms with Crippen molar-refractivity contribution in [2.24, 2.45) is 11.8 Å². The second-order valence-corrected chi connectivity index (χ2v) is 19.3. The number of rotatable bonds is 12. The number of halogens is 3. The zero-order valence-corrected chi connectivity index (χ0v) is 42.9. The highest BCUT2D eigenvalue weighted by atomic mass is 35.5. The van der Waals surface area contributed by atoms with Crippen LogP contribution in [-0.4, -0.2) is 94.2 Å². The lowest BCUT2D eigenvalue weighted by Gasteiger charge is -2.32. The fourth-order valence-corrected chi connectivity index (χ4v) is 9.45. The van der Waals surface area contributed by atoms with Crippen molar-refractivity contribution in [2.45, 2.75) is 38.0 Å². The number of anilines is 5. The van der Waals surface area contributed by atoms with Gasteiger partial charge in [-0.05, 0) is 159 Å². The minimum absolute atomic E-state index is 0.0702. The molecule has 2 aliphatic heterocycles. The van der Waals surface area contributed by atoms with Gasteiger partial charge < -0.3 is 31.5 Å². The van der Waals surface area contributed by atoms with Crippen molar-refractivity contribution in [2.75, 3.05) is 62.0 Å². The number of aromatic nitrogens is 4. The summed E-state index contributed by atoms with van der Waals surface area (Å²) < 4.78 is 28.2. The molecule has 10 rings (SSSR count). The van der Waals surface area contributed by atoms with Crippen LogP contribution in [0.4, 0.5) is 37.5 Å². The molecule has 4 heterocycles. The van der Waals surface area contributed by atoms with Crippen molar-refractivity contribution in [1.82, 2.24) is 29.7 Å². The first-order valence-electron chi connectivity index (χ1n) is 24.9. The summed E-state index contributed by atoms with van der Waals surface area (Å²) in [6.45, 7) is 9.98. The minimum Gasteiger partial charge on any atom is -0.399 e. The molecule has 15 heteroatoms. The van der Waals surface area contributed by atoms with Crippen molar-refractivity contribution in [3.63, 3.8) is 0 Å². The molecule has 2 amide bonds. The first kappa shape index (κ1) is 53.4. The number of carbonyl (C=O) groups excluding carboxylic acids is 2. The minimum atomic E-state index is -0.782. The Balaban J connectivity index is 0.000000166. The molecule has 2 aromatic heterocycles. The van der Waals surface area contributed by atoms with Crippen LogP contribution in [0.25, 0.3) is 44.1 Å². The Bertz CT molecular complexity index is 3270. The van der Waals surface area contributed by atoms with Gasteiger partial charge in [0.2, 0.25) is 23.0 Å². The van der Waals surface area contributed by atoms with Gasteiger partial charge in [0.15, 0.2) is 0 Å². The summed E-state index contributed by atoms with van der Waals surface area (Å²) in [5.41, 5.74) is 16.3. The Kier molecular flexibility index (Phi) is 18.0. The zero-order chi connectivity index (χ0) is 52.8. The number of para-hydroxylation sites is 2. The van der Waals surface area contributed by atoms with Crippen LogP contribution >= 0.6 is 11.6 Å². The van der Waals surface area contributed by atoms with Crippen molar-refractivity contribution < 1.29 is 18.4 Å². The second-order valence-electron chi connectivity index (χ2n) is 19.0. The second kappa shape index (κ2) is 25.4. The molecule has 4 atom stereocenters. The van der Waals surface area contributed by atoms with E-state index in [0.29, 0.717) is 30.4 Å². The summed E-state index contributed by atoms with van der Waals surface area (Å²) in [5, 5.41) is 10.9. The van der Waals surface area contributed by atoms with E-state index < -0.39 is 12.3 Å². The lowest BCUT2D eigenvalue weighted by atomic mass is 9.89. The molecule has 0 radical (unpaired) electrons. The Morgan fingerprint density at radius 2 is 1.11 bits per heavy atom. The molecule has 0 spiro atoms. The van der Waals surface area contributed by atoms with Gasteiger partial charge >= 0.3 is 0 Å². The molecule has 12 nitrogen and oxygen atoms in total. The zero-order valence-electron chi connectivity index (χ0n) is 42.1. The Hall–Kier alpha value is -7.91. The number of benzene rings is 6. The maximum absolute atomic E-state index is 14.4. The lowest BCUT2D eigenvalue weighted by molar-refractivity contribution is -0.112. The van der Waals surface area contributed by atoms with E-state index >= 15 is 0 Å². The van der Waals surface area contributed by atoms with Crippen LogP contribution in [0.2, 0.25) is 5.28 Å². The van der Waals surface area contributed by atoms with Gasteiger partial charge in [0, 0.05) is 70.1 Å². The molecule has 8 aromatic rings. The fraction of sp³-hybridized carbons (Fsp3) is 0.233. The molecule has 2 fully saturated rings. The summed E-state index contributed by atoms with van der Waals surface area (Å²) in [6.07, 6.45) is 7.90. The quantitative estimate of drug-likeness (QED) is 0.0528. The van der Waals surface area contributed by atoms with E-state index in [9.17, 15) is 18.4 Å². The standard InChI is InChI=1S/C30H30FN5O.C17H12ClN3O.C13H19FN2/c1-3-28(37)33-25-8-4-6-21(17-25)26-9-5-7-23-18-32-30(35-29(23)26)34-24-12-10-20(11-13-24)16-22-14-15-36(2)19-27(22)31;1-2-15(22)20-13-7-3-5-11(9-13)14-8-4-6-12-10-19-17(18)21-16(12)14;1-16-7-6-11(13(14)9-16)8-10-2-4-12(15)5-3-10/h3-13,17-18,22,27H,1,14-16,19H2,2H3,(H,33,37)(H,32,34,35);2-10H,1H2,(H,20,22);2-5,11,13H,6-9,15H2,1H3. The molecule has 5 N–H and O–H groups in total. The van der Waals surface area contributed by atoms with Crippen molar-refractivity contribution >= 4 is 73.9 Å². The van der Waals surface area contributed by atoms with Crippen molar-refractivity contribution in [3.05, 3.63) is 188 Å². The van der Waals surface area contributed by atoms with E-state index in [1.54, 1.807) is 12.4 Å². The third-order valence-corrected chi connectivity index (χ3v) is 13.6. The maximum atomic E-state index is 14.4. The highest BCUT2D eigenvalue weighted by molar-refractivity contribution is 6.28. The van der Waals surface area contributed by atoms with Crippen molar-refractivity contribution in [3.8, 4) is 22.3 Å². The van der Waals surface area contributed by atoms with E-state index in [2.05, 4.69) is 53.9 Å². The number of amides is 2. The number of hydrogen-bond acceptors (Lipinski definition) is 10. The molecule has 0 bridgehead atoms. The number of alkyl halides is 2. The van der Waals surface area contributed by atoms with Gasteiger partial charge in [0.1, 0.15) is 12.3 Å². The van der Waals surface area contributed by atoms with E-state index in [-0.39, 0.29) is 28.9 Å². The molecule has 0 aliphatic carbocycles. The highest BCUT2D eigenvalue weighted by Crippen LogP contribution is 2.32. The third-order valence-electron chi connectivity index (χ3n) is 13.4. The number of hydrogen-bond donors (Lipinski definition) is 4. The van der Waals surface area contributed by atoms with Crippen LogP contribution in [-0.2, 0) is 22.4 Å². The van der Waals surface area contributed by atoms with Crippen LogP contribution in [0.1, 0.15) is 24.0 Å². The Morgan fingerprint density at radius 3 is 1.60 bits per heavy atom. The van der Waals surface area contributed by atoms with E-state index in [1.165, 1.54) is 17.7 Å². The SMILES string of the molecule is C=CC(=O)Nc1cccc(-c2cccc3cnc(Cl)nc23)c1.C=CC(=O)Nc1cccc(-c2cccc3cnc(Nc4ccc(CC5CCN(C)CC5F)cc4)nc23)c1.CN1CCC(Cc2ccc(N)cc2)C(F)C1. The molecule has 75 heavy (non-hydrogen) atoms. The summed E-state index contributed by atoms with van der Waals surface area (Å²) in [6, 6.07) is 42.8. The van der Waals surface area contributed by atoms with Gasteiger partial charge in [-0.3, -0.25) is 9.59 Å². The summed E-state index contributed by atoms with van der Waals surface area (Å²) in [7, 11) is 3.95. The smallest absolute Gasteiger partial charge is 0.247 e. The molecular weight excluding hydrogens is 966 g/mol. The average molecular weight is 1030 g/mol. The van der Waals surface area contributed by atoms with Crippen LogP contribution in [0.15, 0.2) is 171 Å². The monoisotopic (exact) mass is 1030 g/mol. The van der Waals surface area contributed by atoms with Gasteiger partial charge in [-0.2, -0.15) is 0 Å². The average Bonchev–Trinajstić information content (AvgIpc) is 3.41. The molecular formula is C60H61ClF2N10O2. The van der Waals surface area contributed by atoms with Crippen molar-refractivity contribution in [1.29, 1.82) is 0 Å². The summed E-state index contributed by atoms with van der Waals surface area (Å²) in [4.78, 5) is 44.9. The molecule has 384 valence electrons. The lowest BCUT2D eigenvalue weighted by Crippen LogP contribution is -2.40. The Labute approximate surface area is 441 Å². The number of likely N-dealkylation sites (tertiary alicyclic amines) is 2. The van der Waals surface area contributed by atoms with Gasteiger partial charge in [0.25, 0.3) is 0 Å². The highest BCUT2D eigenvalue weighted by Gasteiger charge is 2.28. The van der Waals surface area contributed by atoms with E-state index in [1.807, 2.05) is 148 Å². The number of piperidine rings is 2. The Morgan fingerprint density at radius 1 is 0.640 bits per heavy atom. The van der Waals surface area contributed by atoms with Crippen LogP contribution in [0.5, 0.6) is 0 Å². The largest absolute Gasteiger partial charge is 0.399 e. The number of nitrogens with one attached hydrogen (secondary N) is 3. The van der Waals surface area contributed by atoms with Crippen LogP contribution in [0.3, 0.4) is 0 Å². The van der Waals surface area contributed by atoms with E-state index in [0.717, 1.165) is 99.8 Å². The fourth-order valence-electron chi connectivity index (χ4n) is 9.31. The summed E-state index contributed by atoms with van der Waals surface area (Å²) >= 11 is 5.91. The third kappa shape index (κ3) is 14.7. The molecule has 2 saturated heterocycles. The van der Waals surface area contributed by atoms with Gasteiger partial charge in [0.05, 0.1) is 11.0 Å². The molecule has 6 aromatic carbocycles. The van der Waals surface area contributed by atoms with Crippen LogP contribution in [0, 0.1) is 11.8 Å². The maximum Gasteiger partial charge on any atom is 0.247 e. The first-order chi connectivity index (χ1) is 36.3. The van der Waals surface area contributed by atoms with E-state index in [4.69, 9.17) is 22.3 Å². The van der Waals surface area contributed by atoms with Crippen LogP contribution < -0.4 is 21.7 Å². The number of nitrogen functional groups attached to an aromatic ring is 1. The molecule has 0 saturated carbocycles. The first-order valence-corrected chi connectivity index (χ1v) is 25.3. The predicted molar refractivity (Wildman–Crippen MR) is 302 cm³/mol. The molecule has 4 unspecified atom stereocenters. The van der Waals surface area contributed by atoms with Gasteiger partial charge in [-0.1, -0.05) is 98.1 Å². The normalized spacial score (nSPS) is 17.6.